The SMILES string of the molecule is CCc1cccc([Si](c2ccccc2)(c2ccccc2)c2ccccc2)c1. The van der Waals surface area contributed by atoms with Crippen LogP contribution >= 0.6 is 0 Å². The van der Waals surface area contributed by atoms with Crippen LogP contribution < -0.4 is 20.7 Å². The molecule has 0 heterocycles. The first-order valence-electron chi connectivity index (χ1n) is 9.61. The lowest BCUT2D eigenvalue weighted by Gasteiger charge is -2.34. The van der Waals surface area contributed by atoms with E-state index in [-0.39, 0.29) is 0 Å². The summed E-state index contributed by atoms with van der Waals surface area (Å²) in [5, 5.41) is 5.73. The van der Waals surface area contributed by atoms with Crippen molar-refractivity contribution in [3.05, 3.63) is 121 Å². The maximum Gasteiger partial charge on any atom is 0.179 e. The van der Waals surface area contributed by atoms with Crippen LogP contribution in [0.5, 0.6) is 0 Å². The van der Waals surface area contributed by atoms with Crippen molar-refractivity contribution in [1.29, 1.82) is 0 Å². The van der Waals surface area contributed by atoms with Crippen LogP contribution in [0.3, 0.4) is 0 Å². The maximum absolute atomic E-state index is 2.43. The largest absolute Gasteiger partial charge is 0.179 e. The van der Waals surface area contributed by atoms with Crippen molar-refractivity contribution >= 4 is 28.8 Å². The van der Waals surface area contributed by atoms with Gasteiger partial charge in [-0.05, 0) is 32.7 Å². The first-order chi connectivity index (χ1) is 13.4. The van der Waals surface area contributed by atoms with Gasteiger partial charge < -0.3 is 0 Å². The van der Waals surface area contributed by atoms with Crippen molar-refractivity contribution in [2.45, 2.75) is 13.3 Å². The monoisotopic (exact) mass is 364 g/mol. The molecule has 132 valence electrons. The number of rotatable bonds is 5. The van der Waals surface area contributed by atoms with Gasteiger partial charge in [-0.2, -0.15) is 0 Å². The fourth-order valence-corrected chi connectivity index (χ4v) is 8.91. The minimum atomic E-state index is -2.35. The van der Waals surface area contributed by atoms with Gasteiger partial charge in [0.25, 0.3) is 0 Å². The summed E-state index contributed by atoms with van der Waals surface area (Å²) in [6.45, 7) is 2.23. The summed E-state index contributed by atoms with van der Waals surface area (Å²) in [6.07, 6.45) is 1.05. The van der Waals surface area contributed by atoms with Gasteiger partial charge >= 0.3 is 0 Å². The first-order valence-corrected chi connectivity index (χ1v) is 11.6. The highest BCUT2D eigenvalue weighted by atomic mass is 28.3. The lowest BCUT2D eigenvalue weighted by atomic mass is 10.2. The molecule has 0 N–H and O–H groups in total. The van der Waals surface area contributed by atoms with Gasteiger partial charge in [0.2, 0.25) is 0 Å². The molecular formula is C26H24Si. The van der Waals surface area contributed by atoms with E-state index >= 15 is 0 Å². The van der Waals surface area contributed by atoms with E-state index in [9.17, 15) is 0 Å². The van der Waals surface area contributed by atoms with Crippen LogP contribution in [0, 0.1) is 0 Å². The van der Waals surface area contributed by atoms with Gasteiger partial charge in [0, 0.05) is 0 Å². The summed E-state index contributed by atoms with van der Waals surface area (Å²) < 4.78 is 0. The van der Waals surface area contributed by atoms with Crippen LogP contribution in [-0.2, 0) is 6.42 Å². The summed E-state index contributed by atoms with van der Waals surface area (Å²) in [5.41, 5.74) is 1.40. The maximum atomic E-state index is 2.43. The van der Waals surface area contributed by atoms with E-state index < -0.39 is 8.07 Å². The van der Waals surface area contributed by atoms with Crippen molar-refractivity contribution in [3.8, 4) is 0 Å². The van der Waals surface area contributed by atoms with E-state index in [0.29, 0.717) is 0 Å². The van der Waals surface area contributed by atoms with Crippen molar-refractivity contribution in [1.82, 2.24) is 0 Å². The summed E-state index contributed by atoms with van der Waals surface area (Å²) >= 11 is 0. The second-order valence-corrected chi connectivity index (χ2v) is 10.7. The zero-order chi connectivity index (χ0) is 18.5. The lowest BCUT2D eigenvalue weighted by molar-refractivity contribution is 1.14. The average molecular weight is 365 g/mol. The van der Waals surface area contributed by atoms with Crippen LogP contribution in [0.25, 0.3) is 0 Å². The average Bonchev–Trinajstić information content (AvgIpc) is 2.77. The highest BCUT2D eigenvalue weighted by Crippen LogP contribution is 2.11. The molecule has 0 saturated heterocycles. The molecule has 0 aliphatic carbocycles. The van der Waals surface area contributed by atoms with Gasteiger partial charge in [0.1, 0.15) is 0 Å². The Morgan fingerprint density at radius 2 is 0.889 bits per heavy atom. The Morgan fingerprint density at radius 1 is 0.481 bits per heavy atom. The molecule has 27 heavy (non-hydrogen) atoms. The second-order valence-electron chi connectivity index (χ2n) is 6.90. The van der Waals surface area contributed by atoms with E-state index in [1.54, 1.807) is 0 Å². The molecule has 4 rings (SSSR count). The van der Waals surface area contributed by atoms with Gasteiger partial charge in [0.15, 0.2) is 8.07 Å². The summed E-state index contributed by atoms with van der Waals surface area (Å²) in [7, 11) is -2.35. The van der Waals surface area contributed by atoms with Crippen LogP contribution in [0.15, 0.2) is 115 Å². The molecule has 0 bridgehead atoms. The third-order valence-corrected chi connectivity index (χ3v) is 10.2. The molecule has 0 atom stereocenters. The molecule has 1 heteroatoms. The predicted molar refractivity (Wildman–Crippen MR) is 119 cm³/mol. The van der Waals surface area contributed by atoms with Gasteiger partial charge in [-0.3, -0.25) is 0 Å². The van der Waals surface area contributed by atoms with Crippen LogP contribution in [0.1, 0.15) is 12.5 Å². The molecule has 0 aromatic heterocycles. The van der Waals surface area contributed by atoms with Gasteiger partial charge in [0.05, 0.1) is 0 Å². The molecule has 4 aromatic rings. The molecule has 0 nitrogen and oxygen atoms in total. The third kappa shape index (κ3) is 3.15. The summed E-state index contributed by atoms with van der Waals surface area (Å²) in [5.74, 6) is 0. The van der Waals surface area contributed by atoms with E-state index in [2.05, 4.69) is 122 Å². The Balaban J connectivity index is 2.12. The Bertz CT molecular complexity index is 895. The number of aryl methyl sites for hydroxylation is 1. The molecule has 0 unspecified atom stereocenters. The zero-order valence-corrected chi connectivity index (χ0v) is 16.7. The molecule has 4 aromatic carbocycles. The fraction of sp³-hybridized carbons (Fsp3) is 0.0769. The second kappa shape index (κ2) is 7.77. The molecule has 0 fully saturated rings. The van der Waals surface area contributed by atoms with Gasteiger partial charge in [-0.15, -0.1) is 0 Å². The molecular weight excluding hydrogens is 340 g/mol. The van der Waals surface area contributed by atoms with Crippen molar-refractivity contribution in [2.75, 3.05) is 0 Å². The van der Waals surface area contributed by atoms with E-state index in [1.807, 2.05) is 0 Å². The molecule has 0 radical (unpaired) electrons. The van der Waals surface area contributed by atoms with Gasteiger partial charge in [-0.25, -0.2) is 0 Å². The first kappa shape index (κ1) is 17.5. The zero-order valence-electron chi connectivity index (χ0n) is 15.7. The van der Waals surface area contributed by atoms with Crippen LogP contribution in [0.4, 0.5) is 0 Å². The van der Waals surface area contributed by atoms with Crippen LogP contribution in [0.2, 0.25) is 0 Å². The van der Waals surface area contributed by atoms with E-state index in [4.69, 9.17) is 0 Å². The smallest absolute Gasteiger partial charge is 0.0623 e. The Kier molecular flexibility index (Phi) is 5.04. The Labute approximate surface area is 163 Å². The summed E-state index contributed by atoms with van der Waals surface area (Å²) in [6, 6.07) is 42.5. The third-order valence-electron chi connectivity index (χ3n) is 5.39. The quantitative estimate of drug-likeness (QED) is 0.375. The van der Waals surface area contributed by atoms with Crippen molar-refractivity contribution in [2.24, 2.45) is 0 Å². The molecule has 0 amide bonds. The number of hydrogen-bond donors (Lipinski definition) is 0. The van der Waals surface area contributed by atoms with E-state index in [0.717, 1.165) is 6.42 Å². The van der Waals surface area contributed by atoms with Crippen molar-refractivity contribution < 1.29 is 0 Å². The highest BCUT2D eigenvalue weighted by Gasteiger charge is 2.41. The molecule has 0 spiro atoms. The normalized spacial score (nSPS) is 11.3. The Morgan fingerprint density at radius 3 is 1.30 bits per heavy atom. The lowest BCUT2D eigenvalue weighted by Crippen LogP contribution is -2.74. The molecule has 0 aliphatic rings. The summed E-state index contributed by atoms with van der Waals surface area (Å²) in [4.78, 5) is 0. The highest BCUT2D eigenvalue weighted by molar-refractivity contribution is 7.19. The topological polar surface area (TPSA) is 0 Å². The minimum absolute atomic E-state index is 1.05. The minimum Gasteiger partial charge on any atom is -0.0623 e. The molecule has 0 saturated carbocycles. The van der Waals surface area contributed by atoms with Gasteiger partial charge in [-0.1, -0.05) is 122 Å². The molecule has 0 aliphatic heterocycles. The van der Waals surface area contributed by atoms with Crippen molar-refractivity contribution in [3.63, 3.8) is 0 Å². The number of hydrogen-bond acceptors (Lipinski definition) is 0. The van der Waals surface area contributed by atoms with Crippen LogP contribution in [-0.4, -0.2) is 8.07 Å². The predicted octanol–water partition coefficient (Wildman–Crippen LogP) is 3.63. The fourth-order valence-electron chi connectivity index (χ4n) is 4.09. The number of benzene rings is 4. The standard InChI is InChI=1S/C26H24Si/c1-2-22-13-12-20-26(21-22)27(23-14-6-3-7-15-23,24-16-8-4-9-17-24)25-18-10-5-11-19-25/h3-21H,2H2,1H3. The Hall–Kier alpha value is -2.90. The van der Waals surface area contributed by atoms with E-state index in [1.165, 1.54) is 26.3 Å².